The van der Waals surface area contributed by atoms with Gasteiger partial charge in [0.25, 0.3) is 0 Å². The summed E-state index contributed by atoms with van der Waals surface area (Å²) in [6, 6.07) is 0. The summed E-state index contributed by atoms with van der Waals surface area (Å²) >= 11 is -2.81. The zero-order valence-electron chi connectivity index (χ0n) is 7.38. The zero-order valence-corrected chi connectivity index (χ0v) is 9.25. The van der Waals surface area contributed by atoms with E-state index in [1.807, 2.05) is 0 Å². The summed E-state index contributed by atoms with van der Waals surface area (Å²) in [7, 11) is 0. The quantitative estimate of drug-likeness (QED) is 0.644. The van der Waals surface area contributed by atoms with Crippen LogP contribution in [-0.4, -0.2) is 14.5 Å². The van der Waals surface area contributed by atoms with Gasteiger partial charge in [-0.2, -0.15) is 0 Å². The van der Waals surface area contributed by atoms with Crippen molar-refractivity contribution in [3.05, 3.63) is 0 Å². The van der Waals surface area contributed by atoms with Crippen LogP contribution < -0.4 is 0 Å². The zero-order chi connectivity index (χ0) is 8.69. The number of rotatable bonds is 6. The van der Waals surface area contributed by atoms with Gasteiger partial charge in [-0.3, -0.25) is 0 Å². The standard InChI is InChI=1S/C8H17AsO2/c1-3-8(4-2)6-5-7-9(10)11/h8H,3-7H2,1-2H3. The summed E-state index contributed by atoms with van der Waals surface area (Å²) in [4.78, 5) is 0. The molecule has 0 unspecified atom stereocenters. The van der Waals surface area contributed by atoms with Gasteiger partial charge in [0.05, 0.1) is 0 Å². The van der Waals surface area contributed by atoms with Gasteiger partial charge >= 0.3 is 72.7 Å². The maximum atomic E-state index is 10.3. The van der Waals surface area contributed by atoms with Gasteiger partial charge in [0.2, 0.25) is 0 Å². The van der Waals surface area contributed by atoms with Crippen LogP contribution in [0.2, 0.25) is 5.21 Å². The predicted octanol–water partition coefficient (Wildman–Crippen LogP) is 2.55. The molecule has 0 aliphatic heterocycles. The summed E-state index contributed by atoms with van der Waals surface area (Å²) in [6.45, 7) is 4.33. The van der Waals surface area contributed by atoms with Gasteiger partial charge in [0.15, 0.2) is 0 Å². The first-order valence-electron chi connectivity index (χ1n) is 4.32. The molecule has 0 radical (unpaired) electrons. The molecule has 11 heavy (non-hydrogen) atoms. The molecule has 0 aromatic carbocycles. The number of hydrogen-bond acceptors (Lipinski definition) is 2. The van der Waals surface area contributed by atoms with Crippen molar-refractivity contribution in [3.63, 3.8) is 0 Å². The Morgan fingerprint density at radius 3 is 2.09 bits per heavy atom. The molecule has 0 aromatic rings. The van der Waals surface area contributed by atoms with E-state index >= 15 is 0 Å². The van der Waals surface area contributed by atoms with Crippen molar-refractivity contribution in [1.29, 1.82) is 0 Å². The molecule has 66 valence electrons. The molecule has 0 amide bonds. The average molecular weight is 220 g/mol. The molecule has 0 fully saturated rings. The van der Waals surface area contributed by atoms with Crippen molar-refractivity contribution in [2.75, 3.05) is 0 Å². The molecule has 2 nitrogen and oxygen atoms in total. The van der Waals surface area contributed by atoms with E-state index in [2.05, 4.69) is 13.8 Å². The monoisotopic (exact) mass is 220 g/mol. The minimum absolute atomic E-state index is 0.448. The molecule has 0 rings (SSSR count). The number of hydrogen-bond donors (Lipinski definition) is 0. The molecule has 0 aliphatic carbocycles. The van der Waals surface area contributed by atoms with Crippen LogP contribution in [0.3, 0.4) is 0 Å². The molecule has 0 aromatic heterocycles. The third kappa shape index (κ3) is 6.55. The van der Waals surface area contributed by atoms with Crippen LogP contribution >= 0.6 is 0 Å². The van der Waals surface area contributed by atoms with Crippen molar-refractivity contribution in [1.82, 2.24) is 0 Å². The molecule has 0 N–H and O–H groups in total. The van der Waals surface area contributed by atoms with Crippen LogP contribution in [0.5, 0.6) is 0 Å². The van der Waals surface area contributed by atoms with E-state index in [1.165, 1.54) is 12.8 Å². The molecule has 3 heteroatoms. The van der Waals surface area contributed by atoms with E-state index in [9.17, 15) is 7.48 Å². The van der Waals surface area contributed by atoms with Crippen LogP contribution in [0.15, 0.2) is 0 Å². The average Bonchev–Trinajstić information content (AvgIpc) is 1.98. The molecule has 0 spiro atoms. The predicted molar refractivity (Wildman–Crippen MR) is 45.2 cm³/mol. The van der Waals surface area contributed by atoms with Gasteiger partial charge in [0.1, 0.15) is 0 Å². The fourth-order valence-corrected chi connectivity index (χ4v) is 2.13. The van der Waals surface area contributed by atoms with Crippen molar-refractivity contribution in [2.45, 2.75) is 44.7 Å². The van der Waals surface area contributed by atoms with E-state index in [4.69, 9.17) is 0 Å². The molecule has 0 aliphatic rings. The summed E-state index contributed by atoms with van der Waals surface area (Å²) in [5, 5.41) is 0.448. The first-order valence-corrected chi connectivity index (χ1v) is 7.18. The molecule has 0 atom stereocenters. The van der Waals surface area contributed by atoms with Crippen LogP contribution in [0, 0.1) is 5.92 Å². The summed E-state index contributed by atoms with van der Waals surface area (Å²) in [5.41, 5.74) is 0. The van der Waals surface area contributed by atoms with Gasteiger partial charge < -0.3 is 0 Å². The van der Waals surface area contributed by atoms with E-state index in [1.54, 1.807) is 0 Å². The third-order valence-corrected chi connectivity index (χ3v) is 3.54. The van der Waals surface area contributed by atoms with Crippen LogP contribution in [-0.2, 0) is 7.48 Å². The fourth-order valence-electron chi connectivity index (χ4n) is 1.21. The first kappa shape index (κ1) is 11.2. The second-order valence-electron chi connectivity index (χ2n) is 2.88. The van der Waals surface area contributed by atoms with Crippen molar-refractivity contribution >= 4 is 14.5 Å². The van der Waals surface area contributed by atoms with E-state index in [0.717, 1.165) is 18.8 Å². The summed E-state index contributed by atoms with van der Waals surface area (Å²) < 4.78 is 20.6. The molecule has 0 heterocycles. The van der Waals surface area contributed by atoms with Gasteiger partial charge in [-0.15, -0.1) is 0 Å². The van der Waals surface area contributed by atoms with Gasteiger partial charge in [0, 0.05) is 0 Å². The van der Waals surface area contributed by atoms with Crippen molar-refractivity contribution in [2.24, 2.45) is 5.92 Å². The topological polar surface area (TPSA) is 34.1 Å². The summed E-state index contributed by atoms with van der Waals surface area (Å²) in [5.74, 6) is 0.740. The van der Waals surface area contributed by atoms with E-state index < -0.39 is 14.5 Å². The fraction of sp³-hybridized carbons (Fsp3) is 1.00. The molecule has 0 bridgehead atoms. The Balaban J connectivity index is 3.35. The Morgan fingerprint density at radius 2 is 1.73 bits per heavy atom. The Kier molecular flexibility index (Phi) is 6.94. The van der Waals surface area contributed by atoms with Crippen LogP contribution in [0.4, 0.5) is 0 Å². The second kappa shape index (κ2) is 6.84. The van der Waals surface area contributed by atoms with Gasteiger partial charge in [-0.05, 0) is 0 Å². The van der Waals surface area contributed by atoms with Gasteiger partial charge in [-0.25, -0.2) is 0 Å². The maximum absolute atomic E-state index is 10.3. The molecular weight excluding hydrogens is 203 g/mol. The van der Waals surface area contributed by atoms with Crippen LogP contribution in [0.25, 0.3) is 0 Å². The Hall–Kier alpha value is 0.158. The minimum atomic E-state index is -2.81. The van der Waals surface area contributed by atoms with E-state index in [0.29, 0.717) is 5.21 Å². The molecule has 0 saturated heterocycles. The van der Waals surface area contributed by atoms with Crippen molar-refractivity contribution in [3.8, 4) is 0 Å². The third-order valence-electron chi connectivity index (χ3n) is 2.11. The van der Waals surface area contributed by atoms with Gasteiger partial charge in [-0.1, -0.05) is 0 Å². The first-order chi connectivity index (χ1) is 5.20. The molecule has 0 saturated carbocycles. The Morgan fingerprint density at radius 1 is 1.18 bits per heavy atom. The van der Waals surface area contributed by atoms with Crippen LogP contribution in [0.1, 0.15) is 39.5 Å². The normalized spacial score (nSPS) is 10.5. The van der Waals surface area contributed by atoms with Crippen molar-refractivity contribution < 1.29 is 7.48 Å². The SMILES string of the molecule is CCC(CC)CCC[As](=O)=O. The molecular formula is C8H17AsO2. The Bertz CT molecular complexity index is 140. The summed E-state index contributed by atoms with van der Waals surface area (Å²) in [6.07, 6.45) is 4.32. The Labute approximate surface area is 73.1 Å². The van der Waals surface area contributed by atoms with E-state index in [-0.39, 0.29) is 0 Å². The second-order valence-corrected chi connectivity index (χ2v) is 5.22.